The van der Waals surface area contributed by atoms with Crippen molar-refractivity contribution in [2.24, 2.45) is 0 Å². The summed E-state index contributed by atoms with van der Waals surface area (Å²) in [5, 5.41) is 1.68. The predicted octanol–water partition coefficient (Wildman–Crippen LogP) is 4.41. The number of hydrogen-bond acceptors (Lipinski definition) is 2. The number of ether oxygens (including phenoxy) is 1. The van der Waals surface area contributed by atoms with Crippen LogP contribution in [-0.2, 0) is 10.3 Å². The number of esters is 1. The van der Waals surface area contributed by atoms with Crippen LogP contribution in [0.2, 0.25) is 0 Å². The van der Waals surface area contributed by atoms with Gasteiger partial charge in [-0.15, -0.1) is 0 Å². The molecule has 0 fully saturated rings. The molecule has 3 aromatic rings. The molecule has 0 aliphatic carbocycles. The fourth-order valence-electron chi connectivity index (χ4n) is 3.23. The van der Waals surface area contributed by atoms with Gasteiger partial charge in [0, 0.05) is 11.1 Å². The lowest BCUT2D eigenvalue weighted by Crippen LogP contribution is -2.23. The number of benzene rings is 3. The number of halogens is 1. The van der Waals surface area contributed by atoms with Gasteiger partial charge in [-0.2, -0.15) is 0 Å². The molecular weight excluding hydrogens is 279 g/mol. The topological polar surface area (TPSA) is 26.3 Å². The summed E-state index contributed by atoms with van der Waals surface area (Å²) in [5.41, 5.74) is 1.28. The SMILES string of the molecule is CC1(c2cccc3ccc(F)cc23)OC(=O)c2ccccc21. The molecule has 0 bridgehead atoms. The van der Waals surface area contributed by atoms with Gasteiger partial charge in [-0.05, 0) is 35.9 Å². The fourth-order valence-corrected chi connectivity index (χ4v) is 3.23. The van der Waals surface area contributed by atoms with Crippen LogP contribution in [0.5, 0.6) is 0 Å². The first-order valence-corrected chi connectivity index (χ1v) is 7.11. The number of carbonyl (C=O) groups is 1. The molecule has 0 aromatic heterocycles. The summed E-state index contributed by atoms with van der Waals surface area (Å²) in [6.45, 7) is 1.86. The average molecular weight is 292 g/mol. The smallest absolute Gasteiger partial charge is 0.339 e. The van der Waals surface area contributed by atoms with E-state index in [4.69, 9.17) is 4.74 Å². The van der Waals surface area contributed by atoms with Crippen LogP contribution in [0.3, 0.4) is 0 Å². The van der Waals surface area contributed by atoms with Crippen LogP contribution in [0.4, 0.5) is 4.39 Å². The maximum Gasteiger partial charge on any atom is 0.339 e. The lowest BCUT2D eigenvalue weighted by molar-refractivity contribution is 0.0185. The van der Waals surface area contributed by atoms with Crippen LogP contribution in [0, 0.1) is 5.82 Å². The van der Waals surface area contributed by atoms with Crippen molar-refractivity contribution in [1.82, 2.24) is 0 Å². The zero-order chi connectivity index (χ0) is 15.3. The molecule has 1 heterocycles. The van der Waals surface area contributed by atoms with Crippen molar-refractivity contribution < 1.29 is 13.9 Å². The molecule has 1 atom stereocenters. The van der Waals surface area contributed by atoms with Crippen LogP contribution in [-0.4, -0.2) is 5.97 Å². The molecule has 3 heteroatoms. The molecule has 0 saturated heterocycles. The monoisotopic (exact) mass is 292 g/mol. The zero-order valence-corrected chi connectivity index (χ0v) is 12.0. The summed E-state index contributed by atoms with van der Waals surface area (Å²) in [6.07, 6.45) is 0. The van der Waals surface area contributed by atoms with Crippen molar-refractivity contribution in [3.8, 4) is 0 Å². The standard InChI is InChI=1S/C19H13FO2/c1-19(16-7-3-2-6-14(16)18(21)22-19)17-8-4-5-12-9-10-13(20)11-15(12)17/h2-11H,1H3. The lowest BCUT2D eigenvalue weighted by Gasteiger charge is -2.26. The summed E-state index contributed by atoms with van der Waals surface area (Å²) >= 11 is 0. The van der Waals surface area contributed by atoms with Crippen LogP contribution < -0.4 is 0 Å². The Kier molecular flexibility index (Phi) is 2.61. The van der Waals surface area contributed by atoms with E-state index in [2.05, 4.69) is 0 Å². The van der Waals surface area contributed by atoms with E-state index in [1.807, 2.05) is 43.3 Å². The Labute approximate surface area is 127 Å². The number of fused-ring (bicyclic) bond motifs is 2. The van der Waals surface area contributed by atoms with Gasteiger partial charge in [0.2, 0.25) is 0 Å². The molecule has 1 unspecified atom stereocenters. The van der Waals surface area contributed by atoms with Crippen LogP contribution >= 0.6 is 0 Å². The number of cyclic esters (lactones) is 1. The Bertz CT molecular complexity index is 916. The molecule has 4 rings (SSSR count). The molecule has 0 spiro atoms. The van der Waals surface area contributed by atoms with E-state index in [9.17, 15) is 9.18 Å². The maximum absolute atomic E-state index is 13.7. The fraction of sp³-hybridized carbons (Fsp3) is 0.105. The van der Waals surface area contributed by atoms with E-state index in [1.54, 1.807) is 12.1 Å². The highest BCUT2D eigenvalue weighted by atomic mass is 19.1. The van der Waals surface area contributed by atoms with Crippen LogP contribution in [0.1, 0.15) is 28.4 Å². The molecule has 2 nitrogen and oxygen atoms in total. The molecule has 0 radical (unpaired) electrons. The zero-order valence-electron chi connectivity index (χ0n) is 12.0. The van der Waals surface area contributed by atoms with E-state index >= 15 is 0 Å². The molecule has 0 N–H and O–H groups in total. The Morgan fingerprint density at radius 2 is 1.73 bits per heavy atom. The highest BCUT2D eigenvalue weighted by Crippen LogP contribution is 2.43. The van der Waals surface area contributed by atoms with E-state index in [0.717, 1.165) is 21.9 Å². The lowest BCUT2D eigenvalue weighted by atomic mass is 9.84. The molecule has 3 aromatic carbocycles. The third-order valence-electron chi connectivity index (χ3n) is 4.32. The van der Waals surface area contributed by atoms with Crippen molar-refractivity contribution >= 4 is 16.7 Å². The minimum atomic E-state index is -0.902. The molecule has 0 amide bonds. The third kappa shape index (κ3) is 1.69. The van der Waals surface area contributed by atoms with Gasteiger partial charge >= 0.3 is 5.97 Å². The second kappa shape index (κ2) is 4.41. The second-order valence-corrected chi connectivity index (χ2v) is 5.64. The third-order valence-corrected chi connectivity index (χ3v) is 4.32. The quantitative estimate of drug-likeness (QED) is 0.621. The van der Waals surface area contributed by atoms with Gasteiger partial charge in [0.25, 0.3) is 0 Å². The highest BCUT2D eigenvalue weighted by Gasteiger charge is 2.43. The molecule has 0 saturated carbocycles. The first kappa shape index (κ1) is 13.0. The van der Waals surface area contributed by atoms with Crippen molar-refractivity contribution in [3.05, 3.63) is 83.2 Å². The minimum Gasteiger partial charge on any atom is -0.446 e. The van der Waals surface area contributed by atoms with Crippen molar-refractivity contribution in [2.75, 3.05) is 0 Å². The molecule has 1 aliphatic rings. The summed E-state index contributed by atoms with van der Waals surface area (Å²) in [4.78, 5) is 12.2. The Morgan fingerprint density at radius 1 is 0.955 bits per heavy atom. The Balaban J connectivity index is 2.04. The van der Waals surface area contributed by atoms with E-state index in [-0.39, 0.29) is 11.8 Å². The van der Waals surface area contributed by atoms with Crippen LogP contribution in [0.25, 0.3) is 10.8 Å². The maximum atomic E-state index is 13.7. The summed E-state index contributed by atoms with van der Waals surface area (Å²) in [7, 11) is 0. The second-order valence-electron chi connectivity index (χ2n) is 5.64. The van der Waals surface area contributed by atoms with Gasteiger partial charge in [-0.1, -0.05) is 42.5 Å². The van der Waals surface area contributed by atoms with Crippen LogP contribution in [0.15, 0.2) is 60.7 Å². The van der Waals surface area contributed by atoms with E-state index in [1.165, 1.54) is 12.1 Å². The Hall–Kier alpha value is -2.68. The van der Waals surface area contributed by atoms with Gasteiger partial charge in [0.15, 0.2) is 5.60 Å². The average Bonchev–Trinajstić information content (AvgIpc) is 2.79. The van der Waals surface area contributed by atoms with Gasteiger partial charge in [0.1, 0.15) is 5.82 Å². The molecular formula is C19H13FO2. The predicted molar refractivity (Wildman–Crippen MR) is 82.2 cm³/mol. The molecule has 22 heavy (non-hydrogen) atoms. The van der Waals surface area contributed by atoms with Crippen molar-refractivity contribution in [1.29, 1.82) is 0 Å². The summed E-state index contributed by atoms with van der Waals surface area (Å²) in [5.74, 6) is -0.646. The highest BCUT2D eigenvalue weighted by molar-refractivity contribution is 5.97. The van der Waals surface area contributed by atoms with Gasteiger partial charge < -0.3 is 4.74 Å². The normalized spacial score (nSPS) is 20.0. The van der Waals surface area contributed by atoms with Gasteiger partial charge in [0.05, 0.1) is 5.56 Å². The van der Waals surface area contributed by atoms with E-state index < -0.39 is 5.60 Å². The van der Waals surface area contributed by atoms with E-state index in [0.29, 0.717) is 5.56 Å². The van der Waals surface area contributed by atoms with Gasteiger partial charge in [-0.3, -0.25) is 0 Å². The first-order valence-electron chi connectivity index (χ1n) is 7.11. The van der Waals surface area contributed by atoms with Crippen molar-refractivity contribution in [2.45, 2.75) is 12.5 Å². The molecule has 108 valence electrons. The number of carbonyl (C=O) groups excluding carboxylic acids is 1. The number of rotatable bonds is 1. The molecule has 1 aliphatic heterocycles. The first-order chi connectivity index (χ1) is 10.6. The van der Waals surface area contributed by atoms with Gasteiger partial charge in [-0.25, -0.2) is 9.18 Å². The largest absolute Gasteiger partial charge is 0.446 e. The minimum absolute atomic E-state index is 0.304. The summed E-state index contributed by atoms with van der Waals surface area (Å²) < 4.78 is 19.4. The Morgan fingerprint density at radius 3 is 2.59 bits per heavy atom. The number of hydrogen-bond donors (Lipinski definition) is 0. The van der Waals surface area contributed by atoms with Crippen molar-refractivity contribution in [3.63, 3.8) is 0 Å². The summed E-state index contributed by atoms with van der Waals surface area (Å²) in [6, 6.07) is 17.7.